The number of thioether (sulfide) groups is 1. The van der Waals surface area contributed by atoms with E-state index in [0.717, 1.165) is 4.88 Å². The highest BCUT2D eigenvalue weighted by Gasteiger charge is 2.33. The van der Waals surface area contributed by atoms with E-state index in [4.69, 9.17) is 35.4 Å². The highest BCUT2D eigenvalue weighted by molar-refractivity contribution is 8.27. The minimum Gasteiger partial charge on any atom is -0.268 e. The molecule has 7 heteroatoms. The van der Waals surface area contributed by atoms with Gasteiger partial charge in [0.05, 0.1) is 10.6 Å². The number of anilines is 1. The smallest absolute Gasteiger partial charge is 0.268 e. The number of nitrogens with zero attached hydrogens (tertiary/aromatic N) is 1. The minimum atomic E-state index is -0.156. The van der Waals surface area contributed by atoms with Crippen LogP contribution in [0.4, 0.5) is 5.69 Å². The molecule has 2 aromatic rings. The molecular weight excluding hydrogens is 365 g/mol. The molecule has 0 unspecified atom stereocenters. The number of amides is 1. The number of rotatable bonds is 2. The zero-order valence-electron chi connectivity index (χ0n) is 10.4. The quantitative estimate of drug-likeness (QED) is 0.516. The fourth-order valence-corrected chi connectivity index (χ4v) is 4.40. The first-order chi connectivity index (χ1) is 10.0. The van der Waals surface area contributed by atoms with Gasteiger partial charge in [0.1, 0.15) is 0 Å². The molecule has 0 saturated carbocycles. The molecule has 1 aliphatic rings. The maximum Gasteiger partial charge on any atom is 0.270 e. The molecule has 0 atom stereocenters. The zero-order valence-corrected chi connectivity index (χ0v) is 14.3. The van der Waals surface area contributed by atoms with Crippen molar-refractivity contribution in [2.24, 2.45) is 0 Å². The van der Waals surface area contributed by atoms with Crippen LogP contribution in [0.1, 0.15) is 4.88 Å². The molecule has 0 aliphatic carbocycles. The van der Waals surface area contributed by atoms with Crippen molar-refractivity contribution in [1.29, 1.82) is 0 Å². The van der Waals surface area contributed by atoms with Crippen LogP contribution in [0, 0.1) is 0 Å². The normalized spacial score (nSPS) is 17.0. The van der Waals surface area contributed by atoms with Gasteiger partial charge in [0.15, 0.2) is 4.32 Å². The average Bonchev–Trinajstić information content (AvgIpc) is 2.98. The standard InChI is InChI=1S/C14H7Cl2NOS3/c15-8-4-9(16)6-10(5-8)17-13(18)12(21-14(17)19)7-11-2-1-3-20-11/h1-7H/b12-7+. The van der Waals surface area contributed by atoms with Crippen LogP contribution >= 0.6 is 58.5 Å². The number of benzene rings is 1. The summed E-state index contributed by atoms with van der Waals surface area (Å²) < 4.78 is 0.473. The summed E-state index contributed by atoms with van der Waals surface area (Å²) in [6.07, 6.45) is 1.84. The third kappa shape index (κ3) is 3.17. The van der Waals surface area contributed by atoms with E-state index >= 15 is 0 Å². The summed E-state index contributed by atoms with van der Waals surface area (Å²) in [6.45, 7) is 0. The summed E-state index contributed by atoms with van der Waals surface area (Å²) in [5, 5.41) is 2.89. The molecule has 0 bridgehead atoms. The Kier molecular flexibility index (Phi) is 4.38. The van der Waals surface area contributed by atoms with Gasteiger partial charge in [-0.25, -0.2) is 0 Å². The number of thiophene rings is 1. The van der Waals surface area contributed by atoms with Gasteiger partial charge in [0.25, 0.3) is 5.91 Å². The van der Waals surface area contributed by atoms with E-state index in [1.807, 2.05) is 23.6 Å². The lowest BCUT2D eigenvalue weighted by Crippen LogP contribution is -2.27. The van der Waals surface area contributed by atoms with Gasteiger partial charge in [0.2, 0.25) is 0 Å². The molecular formula is C14H7Cl2NOS3. The van der Waals surface area contributed by atoms with Crippen LogP contribution in [-0.4, -0.2) is 10.2 Å². The van der Waals surface area contributed by atoms with Crippen molar-refractivity contribution in [3.8, 4) is 0 Å². The van der Waals surface area contributed by atoms with Crippen LogP contribution in [-0.2, 0) is 4.79 Å². The molecule has 1 aliphatic heterocycles. The van der Waals surface area contributed by atoms with Crippen molar-refractivity contribution in [2.45, 2.75) is 0 Å². The third-order valence-corrected chi connectivity index (χ3v) is 5.27. The van der Waals surface area contributed by atoms with Gasteiger partial charge in [-0.2, -0.15) is 0 Å². The highest BCUT2D eigenvalue weighted by atomic mass is 35.5. The Hall–Kier alpha value is -0.850. The van der Waals surface area contributed by atoms with Crippen LogP contribution < -0.4 is 4.90 Å². The molecule has 2 heterocycles. The predicted molar refractivity (Wildman–Crippen MR) is 96.4 cm³/mol. The van der Waals surface area contributed by atoms with Gasteiger partial charge in [-0.1, -0.05) is 53.2 Å². The molecule has 106 valence electrons. The zero-order chi connectivity index (χ0) is 15.0. The number of hydrogen-bond donors (Lipinski definition) is 0. The van der Waals surface area contributed by atoms with Crippen molar-refractivity contribution >= 4 is 80.5 Å². The second-order valence-corrected chi connectivity index (χ2v) is 7.69. The summed E-state index contributed by atoms with van der Waals surface area (Å²) in [7, 11) is 0. The average molecular weight is 372 g/mol. The number of halogens is 2. The molecule has 0 spiro atoms. The van der Waals surface area contributed by atoms with Gasteiger partial charge < -0.3 is 0 Å². The maximum atomic E-state index is 12.5. The predicted octanol–water partition coefficient (Wildman–Crippen LogP) is 5.46. The number of carbonyl (C=O) groups excluding carboxylic acids is 1. The van der Waals surface area contributed by atoms with Crippen LogP contribution in [0.2, 0.25) is 10.0 Å². The summed E-state index contributed by atoms with van der Waals surface area (Å²) in [5.74, 6) is -0.156. The Morgan fingerprint density at radius 1 is 1.19 bits per heavy atom. The van der Waals surface area contributed by atoms with Crippen molar-refractivity contribution in [1.82, 2.24) is 0 Å². The van der Waals surface area contributed by atoms with Crippen LogP contribution in [0.25, 0.3) is 6.08 Å². The Labute approximate surface area is 145 Å². The van der Waals surface area contributed by atoms with Gasteiger partial charge in [-0.05, 0) is 35.7 Å². The Balaban J connectivity index is 1.97. The van der Waals surface area contributed by atoms with E-state index in [1.54, 1.807) is 29.5 Å². The van der Waals surface area contributed by atoms with E-state index in [1.165, 1.54) is 16.7 Å². The Morgan fingerprint density at radius 2 is 1.90 bits per heavy atom. The summed E-state index contributed by atoms with van der Waals surface area (Å²) >= 11 is 20.1. The summed E-state index contributed by atoms with van der Waals surface area (Å²) in [5.41, 5.74) is 0.588. The van der Waals surface area contributed by atoms with Crippen LogP contribution in [0.3, 0.4) is 0 Å². The van der Waals surface area contributed by atoms with Crippen molar-refractivity contribution in [2.75, 3.05) is 4.90 Å². The van der Waals surface area contributed by atoms with Gasteiger partial charge >= 0.3 is 0 Å². The molecule has 21 heavy (non-hydrogen) atoms. The maximum absolute atomic E-state index is 12.5. The molecule has 1 fully saturated rings. The van der Waals surface area contributed by atoms with E-state index in [2.05, 4.69) is 0 Å². The lowest BCUT2D eigenvalue weighted by Gasteiger charge is -2.15. The minimum absolute atomic E-state index is 0.156. The second-order valence-electron chi connectivity index (χ2n) is 4.16. The molecule has 1 aromatic carbocycles. The van der Waals surface area contributed by atoms with Crippen molar-refractivity contribution in [3.05, 3.63) is 55.5 Å². The van der Waals surface area contributed by atoms with Crippen molar-refractivity contribution < 1.29 is 4.79 Å². The van der Waals surface area contributed by atoms with E-state index in [0.29, 0.717) is 25.0 Å². The number of hydrogen-bond acceptors (Lipinski definition) is 4. The molecule has 0 radical (unpaired) electrons. The second kappa shape index (κ2) is 6.10. The van der Waals surface area contributed by atoms with Gasteiger partial charge in [-0.3, -0.25) is 9.69 Å². The first kappa shape index (κ1) is 15.1. The van der Waals surface area contributed by atoms with Crippen molar-refractivity contribution in [3.63, 3.8) is 0 Å². The summed E-state index contributed by atoms with van der Waals surface area (Å²) in [4.78, 5) is 15.6. The van der Waals surface area contributed by atoms with E-state index in [-0.39, 0.29) is 5.91 Å². The third-order valence-electron chi connectivity index (χ3n) is 2.72. The summed E-state index contributed by atoms with van der Waals surface area (Å²) in [6, 6.07) is 8.85. The molecule has 0 N–H and O–H groups in total. The Morgan fingerprint density at radius 3 is 2.52 bits per heavy atom. The number of thiocarbonyl (C=S) groups is 1. The molecule has 1 aromatic heterocycles. The molecule has 2 nitrogen and oxygen atoms in total. The molecule has 1 saturated heterocycles. The fourth-order valence-electron chi connectivity index (χ4n) is 1.86. The largest absolute Gasteiger partial charge is 0.270 e. The van der Waals surface area contributed by atoms with E-state index < -0.39 is 0 Å². The first-order valence-corrected chi connectivity index (χ1v) is 8.68. The Bertz CT molecular complexity index is 735. The van der Waals surface area contributed by atoms with Crippen LogP contribution in [0.5, 0.6) is 0 Å². The van der Waals surface area contributed by atoms with Gasteiger partial charge in [0, 0.05) is 14.9 Å². The lowest BCUT2D eigenvalue weighted by atomic mass is 10.3. The monoisotopic (exact) mass is 371 g/mol. The van der Waals surface area contributed by atoms with Crippen LogP contribution in [0.15, 0.2) is 40.6 Å². The first-order valence-electron chi connectivity index (χ1n) is 5.82. The SMILES string of the molecule is O=C1/C(=C\c2cccs2)SC(=S)N1c1cc(Cl)cc(Cl)c1. The number of carbonyl (C=O) groups is 1. The fraction of sp³-hybridized carbons (Fsp3) is 0. The topological polar surface area (TPSA) is 20.3 Å². The van der Waals surface area contributed by atoms with E-state index in [9.17, 15) is 4.79 Å². The van der Waals surface area contributed by atoms with Gasteiger partial charge in [-0.15, -0.1) is 11.3 Å². The highest BCUT2D eigenvalue weighted by Crippen LogP contribution is 2.38. The molecule has 3 rings (SSSR count). The lowest BCUT2D eigenvalue weighted by molar-refractivity contribution is -0.113. The molecule has 1 amide bonds.